The Balaban J connectivity index is 1.57. The summed E-state index contributed by atoms with van der Waals surface area (Å²) in [5, 5.41) is 13.0. The van der Waals surface area contributed by atoms with E-state index in [4.69, 9.17) is 16.3 Å². The minimum absolute atomic E-state index is 0.391. The predicted octanol–water partition coefficient (Wildman–Crippen LogP) is 2.36. The molecule has 1 saturated carbocycles. The fourth-order valence-corrected chi connectivity index (χ4v) is 2.96. The highest BCUT2D eigenvalue weighted by atomic mass is 35.5. The maximum absolute atomic E-state index is 9.98. The van der Waals surface area contributed by atoms with Gasteiger partial charge >= 0.3 is 0 Å². The molecule has 0 spiro atoms. The summed E-state index contributed by atoms with van der Waals surface area (Å²) in [7, 11) is 0. The van der Waals surface area contributed by atoms with E-state index in [1.807, 2.05) is 24.3 Å². The molecule has 0 heterocycles. The van der Waals surface area contributed by atoms with E-state index in [0.29, 0.717) is 19.3 Å². The molecule has 1 aromatic carbocycles. The summed E-state index contributed by atoms with van der Waals surface area (Å²) in [4.78, 5) is 0. The molecule has 0 aliphatic heterocycles. The lowest BCUT2D eigenvalue weighted by Gasteiger charge is -2.25. The van der Waals surface area contributed by atoms with Crippen LogP contribution in [0, 0.1) is 5.92 Å². The Morgan fingerprint density at radius 1 is 1.24 bits per heavy atom. The van der Waals surface area contributed by atoms with E-state index >= 15 is 0 Å². The summed E-state index contributed by atoms with van der Waals surface area (Å²) in [6.07, 6.45) is 4.81. The first kappa shape index (κ1) is 16.8. The largest absolute Gasteiger partial charge is 0.385 e. The molecule has 2 rings (SSSR count). The fourth-order valence-electron chi connectivity index (χ4n) is 2.83. The number of aliphatic hydroxyl groups excluding tert-OH is 1. The number of halogens is 1. The van der Waals surface area contributed by atoms with Gasteiger partial charge in [0, 0.05) is 5.02 Å². The summed E-state index contributed by atoms with van der Waals surface area (Å²) in [6.45, 7) is 3.98. The van der Waals surface area contributed by atoms with Crippen LogP contribution in [0.15, 0.2) is 24.3 Å². The Morgan fingerprint density at radius 2 is 1.90 bits per heavy atom. The van der Waals surface area contributed by atoms with Crippen LogP contribution in [0.1, 0.15) is 38.2 Å². The number of ether oxygens (including phenoxy) is 1. The zero-order chi connectivity index (χ0) is 15.1. The van der Waals surface area contributed by atoms with E-state index in [9.17, 15) is 5.11 Å². The smallest absolute Gasteiger partial charge is 0.126 e. The molecule has 3 N–H and O–H groups in total. The molecule has 0 saturated heterocycles. The summed E-state index contributed by atoms with van der Waals surface area (Å²) < 4.78 is 5.57. The van der Waals surface area contributed by atoms with Crippen LogP contribution in [0.5, 0.6) is 0 Å². The van der Waals surface area contributed by atoms with Crippen molar-refractivity contribution in [1.82, 2.24) is 0 Å². The summed E-state index contributed by atoms with van der Waals surface area (Å²) in [6, 6.07) is 8.30. The van der Waals surface area contributed by atoms with Crippen LogP contribution < -0.4 is 5.32 Å². The number of aliphatic hydroxyl groups is 1. The molecule has 0 amide bonds. The molecule has 0 radical (unpaired) electrons. The molecular weight excluding hydrogens is 286 g/mol. The van der Waals surface area contributed by atoms with Crippen molar-refractivity contribution >= 4 is 11.6 Å². The van der Waals surface area contributed by atoms with Gasteiger partial charge in [-0.1, -0.05) is 30.7 Å². The van der Waals surface area contributed by atoms with Gasteiger partial charge in [0.15, 0.2) is 0 Å². The molecule has 1 aliphatic carbocycles. The van der Waals surface area contributed by atoms with Crippen molar-refractivity contribution in [1.29, 1.82) is 0 Å². The minimum atomic E-state index is -0.392. The highest BCUT2D eigenvalue weighted by molar-refractivity contribution is 6.30. The van der Waals surface area contributed by atoms with E-state index < -0.39 is 6.10 Å². The highest BCUT2D eigenvalue weighted by Gasteiger charge is 2.21. The van der Waals surface area contributed by atoms with Crippen LogP contribution in [-0.4, -0.2) is 30.4 Å². The van der Waals surface area contributed by atoms with Crippen LogP contribution in [0.2, 0.25) is 5.02 Å². The second-order valence-electron chi connectivity index (χ2n) is 6.29. The predicted molar refractivity (Wildman–Crippen MR) is 85.3 cm³/mol. The average Bonchev–Trinajstić information content (AvgIpc) is 2.49. The number of benzene rings is 1. The summed E-state index contributed by atoms with van der Waals surface area (Å²) >= 11 is 5.84. The van der Waals surface area contributed by atoms with Crippen LogP contribution >= 0.6 is 11.6 Å². The van der Waals surface area contributed by atoms with Crippen LogP contribution in [0.25, 0.3) is 0 Å². The lowest BCUT2D eigenvalue weighted by Crippen LogP contribution is -2.92. The van der Waals surface area contributed by atoms with Crippen molar-refractivity contribution in [3.8, 4) is 0 Å². The number of hydrogen-bond donors (Lipinski definition) is 2. The zero-order valence-electron chi connectivity index (χ0n) is 12.8. The molecule has 21 heavy (non-hydrogen) atoms. The third-order valence-electron chi connectivity index (χ3n) is 4.29. The maximum atomic E-state index is 9.98. The first-order valence-electron chi connectivity index (χ1n) is 7.97. The van der Waals surface area contributed by atoms with Gasteiger partial charge in [-0.2, -0.15) is 0 Å². The van der Waals surface area contributed by atoms with Crippen LogP contribution in [0.3, 0.4) is 0 Å². The molecule has 4 heteroatoms. The molecule has 1 aromatic rings. The van der Waals surface area contributed by atoms with Gasteiger partial charge in [-0.3, -0.25) is 0 Å². The van der Waals surface area contributed by atoms with Crippen molar-refractivity contribution in [2.45, 2.75) is 51.4 Å². The molecule has 1 aliphatic rings. The van der Waals surface area contributed by atoms with Gasteiger partial charge in [-0.25, -0.2) is 0 Å². The average molecular weight is 313 g/mol. The van der Waals surface area contributed by atoms with Crippen molar-refractivity contribution < 1.29 is 15.2 Å². The lowest BCUT2D eigenvalue weighted by molar-refractivity contribution is -0.697. The Morgan fingerprint density at radius 3 is 2.57 bits per heavy atom. The molecule has 0 unspecified atom stereocenters. The molecule has 0 aromatic heterocycles. The van der Waals surface area contributed by atoms with Gasteiger partial charge in [0.2, 0.25) is 0 Å². The molecule has 0 bridgehead atoms. The van der Waals surface area contributed by atoms with E-state index in [2.05, 4.69) is 12.2 Å². The number of rotatable bonds is 7. The van der Waals surface area contributed by atoms with Crippen LogP contribution in [0.4, 0.5) is 0 Å². The fraction of sp³-hybridized carbons (Fsp3) is 0.647. The normalized spacial score (nSPS) is 24.0. The Labute approximate surface area is 132 Å². The standard InChI is InChI=1S/C17H26ClNO2/c1-13-2-8-16(9-3-13)19-10-17(20)12-21-11-14-4-6-15(18)7-5-14/h4-7,13,16-17,19-20H,2-3,8-12H2,1H3/p+1/t13?,16?,17-/m1/s1. The molecule has 3 nitrogen and oxygen atoms in total. The van der Waals surface area contributed by atoms with Crippen LogP contribution in [-0.2, 0) is 11.3 Å². The SMILES string of the molecule is CC1CCC([NH2+]C[C@@H](O)COCc2ccc(Cl)cc2)CC1. The highest BCUT2D eigenvalue weighted by Crippen LogP contribution is 2.21. The van der Waals surface area contributed by atoms with Gasteiger partial charge in [-0.15, -0.1) is 0 Å². The molecular formula is C17H27ClNO2+. The van der Waals surface area contributed by atoms with Gasteiger partial charge < -0.3 is 15.2 Å². The summed E-state index contributed by atoms with van der Waals surface area (Å²) in [5.41, 5.74) is 1.08. The number of quaternary nitrogens is 1. The number of hydrogen-bond acceptors (Lipinski definition) is 2. The third kappa shape index (κ3) is 6.35. The molecule has 1 fully saturated rings. The zero-order valence-corrected chi connectivity index (χ0v) is 13.6. The van der Waals surface area contributed by atoms with Gasteiger partial charge in [0.25, 0.3) is 0 Å². The topological polar surface area (TPSA) is 46.1 Å². The first-order valence-corrected chi connectivity index (χ1v) is 8.35. The number of nitrogens with two attached hydrogens (primary N) is 1. The van der Waals surface area contributed by atoms with Gasteiger partial charge in [-0.05, 0) is 49.3 Å². The van der Waals surface area contributed by atoms with Crippen molar-refractivity contribution in [3.63, 3.8) is 0 Å². The monoisotopic (exact) mass is 312 g/mol. The van der Waals surface area contributed by atoms with E-state index in [-0.39, 0.29) is 0 Å². The van der Waals surface area contributed by atoms with Crippen molar-refractivity contribution in [2.75, 3.05) is 13.2 Å². The lowest BCUT2D eigenvalue weighted by atomic mass is 9.87. The second kappa shape index (κ2) is 8.74. The van der Waals surface area contributed by atoms with Crippen molar-refractivity contribution in [3.05, 3.63) is 34.9 Å². The summed E-state index contributed by atoms with van der Waals surface area (Å²) in [5.74, 6) is 0.877. The quantitative estimate of drug-likeness (QED) is 0.812. The van der Waals surface area contributed by atoms with Gasteiger partial charge in [0.1, 0.15) is 12.6 Å². The molecule has 118 valence electrons. The van der Waals surface area contributed by atoms with E-state index in [1.165, 1.54) is 25.7 Å². The van der Waals surface area contributed by atoms with Gasteiger partial charge in [0.05, 0.1) is 19.3 Å². The first-order chi connectivity index (χ1) is 10.1. The maximum Gasteiger partial charge on any atom is 0.126 e. The second-order valence-corrected chi connectivity index (χ2v) is 6.72. The minimum Gasteiger partial charge on any atom is -0.385 e. The Hall–Kier alpha value is -0.610. The molecule has 1 atom stereocenters. The van der Waals surface area contributed by atoms with Crippen molar-refractivity contribution in [2.24, 2.45) is 5.92 Å². The Bertz CT molecular complexity index is 402. The third-order valence-corrected chi connectivity index (χ3v) is 4.55. The van der Waals surface area contributed by atoms with E-state index in [0.717, 1.165) is 23.0 Å². The van der Waals surface area contributed by atoms with E-state index in [1.54, 1.807) is 0 Å². The Kier molecular flexibility index (Phi) is 6.97.